The quantitative estimate of drug-likeness (QED) is 0.0489. The van der Waals surface area contributed by atoms with Gasteiger partial charge in [-0.25, -0.2) is 0 Å². The van der Waals surface area contributed by atoms with Crippen molar-refractivity contribution in [3.8, 4) is 85.1 Å². The SMILES string of the molecule is Oc1c(O)c(O)c(-c2c(O)c(O)c(O)c(-c3c4ccccc4c(-c4ccc5oc6c7ccccc7ccc6c5c4)c4ccccc34)c2O)c(O)c1O. The Bertz CT molecular complexity index is 2930. The summed E-state index contributed by atoms with van der Waals surface area (Å²) in [5.41, 5.74) is 1.21. The lowest BCUT2D eigenvalue weighted by molar-refractivity contribution is 0.329. The lowest BCUT2D eigenvalue weighted by atomic mass is 9.84. The molecule has 1 heterocycles. The van der Waals surface area contributed by atoms with E-state index >= 15 is 0 Å². The van der Waals surface area contributed by atoms with Gasteiger partial charge in [-0.2, -0.15) is 0 Å². The van der Waals surface area contributed by atoms with Gasteiger partial charge in [0, 0.05) is 21.7 Å². The van der Waals surface area contributed by atoms with Crippen LogP contribution in [0.4, 0.5) is 0 Å². The predicted octanol–water partition coefficient (Wildman–Crippen LogP) is 9.40. The third-order valence-corrected chi connectivity index (χ3v) is 9.85. The molecule has 1 aromatic heterocycles. The van der Waals surface area contributed by atoms with Crippen molar-refractivity contribution in [3.63, 3.8) is 0 Å². The molecule has 0 fully saturated rings. The number of furan rings is 1. The highest BCUT2D eigenvalue weighted by Gasteiger charge is 2.34. The van der Waals surface area contributed by atoms with Gasteiger partial charge in [-0.3, -0.25) is 0 Å². The first-order chi connectivity index (χ1) is 25.1. The normalized spacial score (nSPS) is 11.8. The van der Waals surface area contributed by atoms with Crippen molar-refractivity contribution in [2.24, 2.45) is 0 Å². The van der Waals surface area contributed by atoms with E-state index in [2.05, 4.69) is 12.1 Å². The molecule has 0 unspecified atom stereocenters. The van der Waals surface area contributed by atoms with Crippen LogP contribution < -0.4 is 0 Å². The van der Waals surface area contributed by atoms with E-state index < -0.39 is 68.4 Å². The Morgan fingerprint density at radius 2 is 0.750 bits per heavy atom. The van der Waals surface area contributed by atoms with E-state index in [-0.39, 0.29) is 5.56 Å². The fourth-order valence-corrected chi connectivity index (χ4v) is 7.46. The second kappa shape index (κ2) is 10.8. The predicted molar refractivity (Wildman–Crippen MR) is 198 cm³/mol. The highest BCUT2D eigenvalue weighted by Crippen LogP contribution is 2.63. The first-order valence-corrected chi connectivity index (χ1v) is 16.1. The average molecular weight is 691 g/mol. The van der Waals surface area contributed by atoms with E-state index in [1.54, 1.807) is 24.3 Å². The van der Waals surface area contributed by atoms with Gasteiger partial charge in [0.25, 0.3) is 0 Å². The van der Waals surface area contributed by atoms with Crippen molar-refractivity contribution in [2.45, 2.75) is 0 Å². The largest absolute Gasteiger partial charge is 0.506 e. The summed E-state index contributed by atoms with van der Waals surface area (Å²) >= 11 is 0. The molecule has 0 aliphatic carbocycles. The summed E-state index contributed by atoms with van der Waals surface area (Å²) in [6, 6.07) is 32.4. The van der Waals surface area contributed by atoms with E-state index in [0.717, 1.165) is 38.3 Å². The maximum Gasteiger partial charge on any atom is 0.208 e. The van der Waals surface area contributed by atoms with Crippen molar-refractivity contribution in [3.05, 3.63) is 103 Å². The van der Waals surface area contributed by atoms with E-state index in [0.29, 0.717) is 27.1 Å². The molecular formula is C42H26O10. The van der Waals surface area contributed by atoms with Crippen molar-refractivity contribution in [1.29, 1.82) is 0 Å². The van der Waals surface area contributed by atoms with Crippen LogP contribution in [0.2, 0.25) is 0 Å². The van der Waals surface area contributed by atoms with Crippen molar-refractivity contribution < 1.29 is 50.4 Å². The van der Waals surface area contributed by atoms with Gasteiger partial charge in [0.2, 0.25) is 23.0 Å². The summed E-state index contributed by atoms with van der Waals surface area (Å²) in [5, 5.41) is 104. The van der Waals surface area contributed by atoms with Crippen molar-refractivity contribution in [2.75, 3.05) is 0 Å². The molecule has 9 N–H and O–H groups in total. The molecule has 0 saturated carbocycles. The Morgan fingerprint density at radius 3 is 1.33 bits per heavy atom. The maximum atomic E-state index is 11.9. The van der Waals surface area contributed by atoms with Crippen molar-refractivity contribution >= 4 is 54.3 Å². The average Bonchev–Trinajstić information content (AvgIpc) is 3.55. The fourth-order valence-electron chi connectivity index (χ4n) is 7.46. The number of phenolic OH excluding ortho intramolecular Hbond substituents is 9. The van der Waals surface area contributed by atoms with Crippen LogP contribution in [0.25, 0.3) is 87.6 Å². The molecule has 52 heavy (non-hydrogen) atoms. The number of fused-ring (bicyclic) bond motifs is 7. The number of hydrogen-bond acceptors (Lipinski definition) is 10. The molecular weight excluding hydrogens is 664 g/mol. The number of benzene rings is 8. The Balaban J connectivity index is 1.38. The first kappa shape index (κ1) is 30.6. The molecule has 0 atom stereocenters. The zero-order valence-corrected chi connectivity index (χ0v) is 26.7. The van der Waals surface area contributed by atoms with Crippen LogP contribution in [0.15, 0.2) is 108 Å². The zero-order valence-electron chi connectivity index (χ0n) is 26.7. The molecule has 254 valence electrons. The second-order valence-corrected chi connectivity index (χ2v) is 12.6. The minimum Gasteiger partial charge on any atom is -0.506 e. The smallest absolute Gasteiger partial charge is 0.208 e. The summed E-state index contributed by atoms with van der Waals surface area (Å²) in [5.74, 6) is -10.4. The van der Waals surface area contributed by atoms with Gasteiger partial charge in [-0.1, -0.05) is 84.9 Å². The van der Waals surface area contributed by atoms with Gasteiger partial charge in [0.15, 0.2) is 23.0 Å². The summed E-state index contributed by atoms with van der Waals surface area (Å²) in [7, 11) is 0. The molecule has 10 nitrogen and oxygen atoms in total. The Morgan fingerprint density at radius 1 is 0.308 bits per heavy atom. The van der Waals surface area contributed by atoms with Gasteiger partial charge >= 0.3 is 0 Å². The van der Waals surface area contributed by atoms with Gasteiger partial charge in [0.05, 0.1) is 16.7 Å². The van der Waals surface area contributed by atoms with Crippen molar-refractivity contribution in [1.82, 2.24) is 0 Å². The van der Waals surface area contributed by atoms with Gasteiger partial charge in [0.1, 0.15) is 16.9 Å². The Labute approximate surface area is 292 Å². The van der Waals surface area contributed by atoms with E-state index in [4.69, 9.17) is 4.42 Å². The van der Waals surface area contributed by atoms with Crippen LogP contribution in [0.3, 0.4) is 0 Å². The molecule has 0 radical (unpaired) electrons. The van der Waals surface area contributed by atoms with Crippen LogP contribution in [-0.2, 0) is 0 Å². The standard InChI is InChI=1S/C42H26O10/c43-33-30(34(44)38(48)35(45)31(33)32-36(46)39(49)41(51)40(50)37(32)47)29-23-11-5-3-9-21(23)28(22-10-4-6-12-24(22)29)19-14-16-27-26(17-19)25-15-13-18-7-1-2-8-20(18)42(25)52-27/h1-17,43-51H. The molecule has 0 amide bonds. The molecule has 9 aromatic rings. The minimum atomic E-state index is -1.27. The molecule has 0 spiro atoms. The monoisotopic (exact) mass is 690 g/mol. The summed E-state index contributed by atoms with van der Waals surface area (Å²) < 4.78 is 6.36. The van der Waals surface area contributed by atoms with E-state index in [1.807, 2.05) is 66.7 Å². The zero-order chi connectivity index (χ0) is 36.2. The van der Waals surface area contributed by atoms with Crippen LogP contribution in [0.5, 0.6) is 51.7 Å². The lowest BCUT2D eigenvalue weighted by Gasteiger charge is -2.22. The third-order valence-electron chi connectivity index (χ3n) is 9.85. The van der Waals surface area contributed by atoms with Gasteiger partial charge in [-0.15, -0.1) is 0 Å². The highest BCUT2D eigenvalue weighted by molar-refractivity contribution is 6.24. The summed E-state index contributed by atoms with van der Waals surface area (Å²) in [4.78, 5) is 0. The molecule has 0 aliphatic heterocycles. The summed E-state index contributed by atoms with van der Waals surface area (Å²) in [6.07, 6.45) is 0. The second-order valence-electron chi connectivity index (χ2n) is 12.6. The number of aromatic hydroxyl groups is 9. The number of rotatable bonds is 3. The molecule has 9 rings (SSSR count). The van der Waals surface area contributed by atoms with E-state index in [9.17, 15) is 46.0 Å². The van der Waals surface area contributed by atoms with Gasteiger partial charge < -0.3 is 50.4 Å². The molecule has 0 bridgehead atoms. The molecule has 8 aromatic carbocycles. The van der Waals surface area contributed by atoms with Crippen LogP contribution in [-0.4, -0.2) is 46.0 Å². The Hall–Kier alpha value is -7.46. The van der Waals surface area contributed by atoms with Crippen LogP contribution in [0.1, 0.15) is 0 Å². The highest BCUT2D eigenvalue weighted by atomic mass is 16.4. The van der Waals surface area contributed by atoms with Crippen LogP contribution in [0, 0.1) is 0 Å². The number of phenols is 9. The fraction of sp³-hybridized carbons (Fsp3) is 0. The topological polar surface area (TPSA) is 195 Å². The summed E-state index contributed by atoms with van der Waals surface area (Å²) in [6.45, 7) is 0. The maximum absolute atomic E-state index is 11.9. The number of hydrogen-bond donors (Lipinski definition) is 9. The van der Waals surface area contributed by atoms with Crippen LogP contribution >= 0.6 is 0 Å². The minimum absolute atomic E-state index is 0.217. The first-order valence-electron chi connectivity index (χ1n) is 16.1. The molecule has 0 saturated heterocycles. The molecule has 10 heteroatoms. The van der Waals surface area contributed by atoms with E-state index in [1.165, 1.54) is 0 Å². The lowest BCUT2D eigenvalue weighted by Crippen LogP contribution is -1.94. The molecule has 0 aliphatic rings. The Kier molecular flexibility index (Phi) is 6.33. The van der Waals surface area contributed by atoms with Gasteiger partial charge in [-0.05, 0) is 56.3 Å². The third kappa shape index (κ3) is 4.00.